The second-order valence-corrected chi connectivity index (χ2v) is 4.03. The highest BCUT2D eigenvalue weighted by Crippen LogP contribution is 2.20. The van der Waals surface area contributed by atoms with E-state index in [1.807, 2.05) is 13.8 Å². The Labute approximate surface area is 89.5 Å². The van der Waals surface area contributed by atoms with Gasteiger partial charge in [0.25, 0.3) is 0 Å². The van der Waals surface area contributed by atoms with Gasteiger partial charge in [0.15, 0.2) is 0 Å². The van der Waals surface area contributed by atoms with Crippen molar-refractivity contribution in [2.24, 2.45) is 0 Å². The summed E-state index contributed by atoms with van der Waals surface area (Å²) in [4.78, 5) is 11.3. The molecule has 0 spiro atoms. The summed E-state index contributed by atoms with van der Waals surface area (Å²) in [6.07, 6.45) is 0.449. The Balaban J connectivity index is 2.85. The van der Waals surface area contributed by atoms with E-state index in [1.54, 1.807) is 19.1 Å². The molecule has 0 atom stereocenters. The molecule has 0 fully saturated rings. The third kappa shape index (κ3) is 3.05. The van der Waals surface area contributed by atoms with Crippen molar-refractivity contribution in [1.82, 2.24) is 5.32 Å². The Morgan fingerprint density at radius 2 is 1.87 bits per heavy atom. The molecule has 0 unspecified atom stereocenters. The Kier molecular flexibility index (Phi) is 3.45. The lowest BCUT2D eigenvalue weighted by molar-refractivity contribution is -0.122. The van der Waals surface area contributed by atoms with E-state index in [0.717, 1.165) is 5.56 Å². The molecule has 0 saturated carbocycles. The zero-order valence-corrected chi connectivity index (χ0v) is 9.30. The number of hydrogen-bond donors (Lipinski definition) is 1. The van der Waals surface area contributed by atoms with Gasteiger partial charge in [0.05, 0.1) is 5.54 Å². The van der Waals surface area contributed by atoms with Gasteiger partial charge < -0.3 is 5.32 Å². The van der Waals surface area contributed by atoms with Gasteiger partial charge >= 0.3 is 0 Å². The van der Waals surface area contributed by atoms with Crippen LogP contribution in [0.1, 0.15) is 32.8 Å². The van der Waals surface area contributed by atoms with Crippen LogP contribution in [0, 0.1) is 5.82 Å². The fraction of sp³-hybridized carbons (Fsp3) is 0.417. The summed E-state index contributed by atoms with van der Waals surface area (Å²) >= 11 is 0. The highest BCUT2D eigenvalue weighted by molar-refractivity contribution is 5.76. The first-order valence-corrected chi connectivity index (χ1v) is 5.03. The average molecular weight is 209 g/mol. The zero-order valence-electron chi connectivity index (χ0n) is 9.30. The fourth-order valence-corrected chi connectivity index (χ4v) is 1.38. The minimum Gasteiger partial charge on any atom is -0.347 e. The summed E-state index contributed by atoms with van der Waals surface area (Å²) < 4.78 is 12.7. The van der Waals surface area contributed by atoms with Gasteiger partial charge in [-0.15, -0.1) is 0 Å². The van der Waals surface area contributed by atoms with Gasteiger partial charge in [0.1, 0.15) is 5.82 Å². The number of rotatable bonds is 3. The molecule has 1 amide bonds. The highest BCUT2D eigenvalue weighted by atomic mass is 19.1. The Morgan fingerprint density at radius 3 is 2.33 bits per heavy atom. The van der Waals surface area contributed by atoms with Crippen LogP contribution < -0.4 is 5.32 Å². The highest BCUT2D eigenvalue weighted by Gasteiger charge is 2.21. The fourth-order valence-electron chi connectivity index (χ4n) is 1.38. The van der Waals surface area contributed by atoms with Crippen LogP contribution in [-0.4, -0.2) is 5.91 Å². The van der Waals surface area contributed by atoms with Crippen molar-refractivity contribution in [2.75, 3.05) is 0 Å². The van der Waals surface area contributed by atoms with Crippen molar-refractivity contribution in [3.63, 3.8) is 0 Å². The monoisotopic (exact) mass is 209 g/mol. The Morgan fingerprint density at radius 1 is 1.33 bits per heavy atom. The van der Waals surface area contributed by atoms with Gasteiger partial charge in [-0.25, -0.2) is 4.39 Å². The van der Waals surface area contributed by atoms with Gasteiger partial charge in [0.2, 0.25) is 5.91 Å². The Bertz CT molecular complexity index is 343. The lowest BCUT2D eigenvalue weighted by Crippen LogP contribution is -2.40. The molecule has 0 saturated heterocycles. The number of nitrogens with one attached hydrogen (secondary N) is 1. The molecule has 0 aliphatic rings. The molecule has 2 nitrogen and oxygen atoms in total. The molecule has 0 radical (unpaired) electrons. The maximum Gasteiger partial charge on any atom is 0.220 e. The topological polar surface area (TPSA) is 29.1 Å². The minimum atomic E-state index is -0.458. The van der Waals surface area contributed by atoms with Crippen molar-refractivity contribution in [3.05, 3.63) is 35.6 Å². The van der Waals surface area contributed by atoms with E-state index >= 15 is 0 Å². The van der Waals surface area contributed by atoms with Crippen LogP contribution in [0.2, 0.25) is 0 Å². The van der Waals surface area contributed by atoms with Crippen molar-refractivity contribution in [2.45, 2.75) is 32.7 Å². The standard InChI is InChI=1S/C12H16FNO/c1-4-11(15)14-12(2,3)9-5-7-10(13)8-6-9/h5-8H,4H2,1-3H3,(H,14,15). The van der Waals surface area contributed by atoms with Crippen molar-refractivity contribution in [1.29, 1.82) is 0 Å². The smallest absolute Gasteiger partial charge is 0.220 e. The molecule has 82 valence electrons. The summed E-state index contributed by atoms with van der Waals surface area (Å²) in [5.41, 5.74) is 0.437. The number of hydrogen-bond acceptors (Lipinski definition) is 1. The van der Waals surface area contributed by atoms with E-state index in [0.29, 0.717) is 6.42 Å². The summed E-state index contributed by atoms with van der Waals surface area (Å²) in [7, 11) is 0. The molecule has 0 aliphatic heterocycles. The third-order valence-electron chi connectivity index (χ3n) is 2.34. The molecule has 1 rings (SSSR count). The predicted molar refractivity (Wildman–Crippen MR) is 57.9 cm³/mol. The number of carbonyl (C=O) groups is 1. The molecule has 1 aromatic rings. The zero-order chi connectivity index (χ0) is 11.5. The number of halogens is 1. The summed E-state index contributed by atoms with van der Waals surface area (Å²) in [5, 5.41) is 2.88. The molecule has 0 aromatic heterocycles. The predicted octanol–water partition coefficient (Wildman–Crippen LogP) is 2.59. The van der Waals surface area contributed by atoms with Crippen LogP contribution in [0.3, 0.4) is 0 Å². The van der Waals surface area contributed by atoms with Gasteiger partial charge in [-0.2, -0.15) is 0 Å². The van der Waals surface area contributed by atoms with E-state index in [-0.39, 0.29) is 11.7 Å². The first-order valence-electron chi connectivity index (χ1n) is 5.03. The van der Waals surface area contributed by atoms with Gasteiger partial charge in [-0.3, -0.25) is 4.79 Å². The maximum absolute atomic E-state index is 12.7. The first-order chi connectivity index (χ1) is 6.95. The van der Waals surface area contributed by atoms with Gasteiger partial charge in [0, 0.05) is 6.42 Å². The molecule has 0 bridgehead atoms. The third-order valence-corrected chi connectivity index (χ3v) is 2.34. The van der Waals surface area contributed by atoms with Crippen LogP contribution >= 0.6 is 0 Å². The number of carbonyl (C=O) groups excluding carboxylic acids is 1. The molecule has 0 heterocycles. The maximum atomic E-state index is 12.7. The van der Waals surface area contributed by atoms with Gasteiger partial charge in [-0.05, 0) is 31.5 Å². The van der Waals surface area contributed by atoms with Gasteiger partial charge in [-0.1, -0.05) is 19.1 Å². The van der Waals surface area contributed by atoms with Crippen LogP contribution in [-0.2, 0) is 10.3 Å². The number of benzene rings is 1. The van der Waals surface area contributed by atoms with Crippen LogP contribution in [0.5, 0.6) is 0 Å². The summed E-state index contributed by atoms with van der Waals surface area (Å²) in [6, 6.07) is 6.17. The molecule has 15 heavy (non-hydrogen) atoms. The summed E-state index contributed by atoms with van der Waals surface area (Å²) in [5.74, 6) is -0.277. The minimum absolute atomic E-state index is 0.00988. The van der Waals surface area contributed by atoms with Crippen LogP contribution in [0.25, 0.3) is 0 Å². The van der Waals surface area contributed by atoms with Crippen molar-refractivity contribution in [3.8, 4) is 0 Å². The lowest BCUT2D eigenvalue weighted by Gasteiger charge is -2.26. The van der Waals surface area contributed by atoms with Crippen LogP contribution in [0.4, 0.5) is 4.39 Å². The van der Waals surface area contributed by atoms with E-state index in [4.69, 9.17) is 0 Å². The van der Waals surface area contributed by atoms with E-state index in [1.165, 1.54) is 12.1 Å². The molecule has 0 aliphatic carbocycles. The first kappa shape index (κ1) is 11.7. The van der Waals surface area contributed by atoms with Crippen LogP contribution in [0.15, 0.2) is 24.3 Å². The van der Waals surface area contributed by atoms with E-state index in [2.05, 4.69) is 5.32 Å². The SMILES string of the molecule is CCC(=O)NC(C)(C)c1ccc(F)cc1. The van der Waals surface area contributed by atoms with E-state index < -0.39 is 5.54 Å². The molecule has 3 heteroatoms. The summed E-state index contributed by atoms with van der Waals surface area (Å²) in [6.45, 7) is 5.59. The van der Waals surface area contributed by atoms with Crippen molar-refractivity contribution >= 4 is 5.91 Å². The van der Waals surface area contributed by atoms with Crippen molar-refractivity contribution < 1.29 is 9.18 Å². The lowest BCUT2D eigenvalue weighted by atomic mass is 9.94. The second kappa shape index (κ2) is 4.43. The average Bonchev–Trinajstić information content (AvgIpc) is 2.17. The van der Waals surface area contributed by atoms with E-state index in [9.17, 15) is 9.18 Å². The molecular formula is C12H16FNO. The number of amides is 1. The second-order valence-electron chi connectivity index (χ2n) is 4.03. The molecule has 1 aromatic carbocycles. The quantitative estimate of drug-likeness (QED) is 0.814. The largest absolute Gasteiger partial charge is 0.347 e. The molecular weight excluding hydrogens is 193 g/mol. The Hall–Kier alpha value is -1.38. The molecule has 1 N–H and O–H groups in total. The normalized spacial score (nSPS) is 11.2.